The van der Waals surface area contributed by atoms with Crippen LogP contribution >= 0.6 is 0 Å². The molecular weight excluding hydrogens is 284 g/mol. The number of aliphatic imine (C=N–C) groups is 1. The molecule has 108 valence electrons. The Bertz CT molecular complexity index is 611. The Morgan fingerprint density at radius 1 is 0.952 bits per heavy atom. The number of hydrogen-bond acceptors (Lipinski definition) is 2. The number of halogens is 1. The molecule has 1 heterocycles. The average molecular weight is 301 g/mol. The van der Waals surface area contributed by atoms with Gasteiger partial charge in [-0.1, -0.05) is 54.6 Å². The topological polar surface area (TPSA) is 37.0 Å². The molecule has 4 heteroatoms. The maximum atomic E-state index is 10.2. The summed E-state index contributed by atoms with van der Waals surface area (Å²) in [5.41, 5.74) is 3.29. The van der Waals surface area contributed by atoms with Crippen molar-refractivity contribution in [3.8, 4) is 11.1 Å². The Labute approximate surface area is 130 Å². The van der Waals surface area contributed by atoms with Gasteiger partial charge in [0.25, 0.3) is 0 Å². The molecule has 21 heavy (non-hydrogen) atoms. The molecule has 0 radical (unpaired) electrons. The van der Waals surface area contributed by atoms with Gasteiger partial charge >= 0.3 is 0 Å². The van der Waals surface area contributed by atoms with Crippen LogP contribution < -0.4 is 17.3 Å². The molecule has 3 rings (SSSR count). The number of benzene rings is 2. The van der Waals surface area contributed by atoms with E-state index in [0.29, 0.717) is 6.54 Å². The standard InChI is InChI=1S/C17H16N2O.ClH/c20-17(12-19-11-10-18-13-19)16-8-6-15(7-9-16)14-4-2-1-3-5-14;/h1-11,13,17,20H,12H2;1H. The molecule has 0 saturated heterocycles. The summed E-state index contributed by atoms with van der Waals surface area (Å²) < 4.78 is 0. The highest BCUT2D eigenvalue weighted by molar-refractivity contribution is 5.63. The van der Waals surface area contributed by atoms with Crippen molar-refractivity contribution in [3.05, 3.63) is 72.6 Å². The molecule has 3 nitrogen and oxygen atoms in total. The first kappa shape index (κ1) is 15.4. The van der Waals surface area contributed by atoms with E-state index >= 15 is 0 Å². The lowest BCUT2D eigenvalue weighted by atomic mass is 10.0. The fourth-order valence-corrected chi connectivity index (χ4v) is 2.31. The van der Waals surface area contributed by atoms with E-state index in [1.54, 1.807) is 12.5 Å². The molecule has 1 aliphatic heterocycles. The SMILES string of the molecule is OC(C[NH+]1C=CN=C1)c1ccc(-c2ccccc2)cc1.[Cl-]. The van der Waals surface area contributed by atoms with E-state index in [9.17, 15) is 5.11 Å². The second-order valence-corrected chi connectivity index (χ2v) is 4.88. The van der Waals surface area contributed by atoms with Gasteiger partial charge in [-0.05, 0) is 16.7 Å². The number of rotatable bonds is 4. The van der Waals surface area contributed by atoms with Gasteiger partial charge in [0.2, 0.25) is 0 Å². The van der Waals surface area contributed by atoms with Crippen LogP contribution in [-0.4, -0.2) is 18.0 Å². The Morgan fingerprint density at radius 2 is 1.62 bits per heavy atom. The van der Waals surface area contributed by atoms with Crippen LogP contribution in [0.4, 0.5) is 0 Å². The fraction of sp³-hybridized carbons (Fsp3) is 0.118. The third-order valence-corrected chi connectivity index (χ3v) is 3.45. The van der Waals surface area contributed by atoms with E-state index in [1.165, 1.54) is 5.56 Å². The van der Waals surface area contributed by atoms with Crippen molar-refractivity contribution in [2.45, 2.75) is 6.10 Å². The number of aliphatic hydroxyl groups is 1. The number of nitrogens with zero attached hydrogens (tertiary/aromatic N) is 1. The predicted molar refractivity (Wildman–Crippen MR) is 80.3 cm³/mol. The number of quaternary nitrogens is 1. The summed E-state index contributed by atoms with van der Waals surface area (Å²) >= 11 is 0. The largest absolute Gasteiger partial charge is 1.00 e. The molecule has 2 N–H and O–H groups in total. The molecular formula is C17H17ClN2O. The van der Waals surface area contributed by atoms with Crippen LogP contribution in [-0.2, 0) is 0 Å². The van der Waals surface area contributed by atoms with E-state index in [1.807, 2.05) is 36.5 Å². The third-order valence-electron chi connectivity index (χ3n) is 3.45. The normalized spacial score (nSPS) is 17.5. The highest BCUT2D eigenvalue weighted by Crippen LogP contribution is 2.21. The minimum Gasteiger partial charge on any atom is -1.00 e. The van der Waals surface area contributed by atoms with E-state index in [0.717, 1.165) is 16.0 Å². The van der Waals surface area contributed by atoms with Crippen LogP contribution in [0.15, 0.2) is 72.0 Å². The van der Waals surface area contributed by atoms with E-state index in [2.05, 4.69) is 29.3 Å². The average Bonchev–Trinajstić information content (AvgIpc) is 3.01. The Balaban J connectivity index is 0.00000161. The van der Waals surface area contributed by atoms with E-state index < -0.39 is 6.10 Å². The monoisotopic (exact) mass is 300 g/mol. The van der Waals surface area contributed by atoms with Gasteiger partial charge in [-0.2, -0.15) is 0 Å². The predicted octanol–water partition coefficient (Wildman–Crippen LogP) is -1.21. The molecule has 0 amide bonds. The Morgan fingerprint density at radius 3 is 2.24 bits per heavy atom. The quantitative estimate of drug-likeness (QED) is 0.730. The first-order valence-corrected chi connectivity index (χ1v) is 6.72. The van der Waals surface area contributed by atoms with E-state index in [-0.39, 0.29) is 12.4 Å². The molecule has 2 atom stereocenters. The molecule has 1 aliphatic rings. The van der Waals surface area contributed by atoms with Crippen molar-refractivity contribution >= 4 is 6.34 Å². The molecule has 2 aromatic carbocycles. The van der Waals surface area contributed by atoms with Gasteiger partial charge < -0.3 is 17.5 Å². The zero-order chi connectivity index (χ0) is 13.8. The molecule has 0 aliphatic carbocycles. The molecule has 0 saturated carbocycles. The second kappa shape index (κ2) is 7.18. The summed E-state index contributed by atoms with van der Waals surface area (Å²) in [6, 6.07) is 18.3. The maximum Gasteiger partial charge on any atom is 0.193 e. The fourth-order valence-electron chi connectivity index (χ4n) is 2.31. The van der Waals surface area contributed by atoms with Gasteiger partial charge in [0.05, 0.1) is 6.20 Å². The lowest BCUT2D eigenvalue weighted by Crippen LogP contribution is -3.06. The molecule has 0 spiro atoms. The van der Waals surface area contributed by atoms with Crippen molar-refractivity contribution in [1.29, 1.82) is 0 Å². The lowest BCUT2D eigenvalue weighted by molar-refractivity contribution is -0.742. The highest BCUT2D eigenvalue weighted by atomic mass is 35.5. The van der Waals surface area contributed by atoms with Gasteiger partial charge in [0, 0.05) is 0 Å². The number of nitrogens with one attached hydrogen (secondary N) is 1. The summed E-state index contributed by atoms with van der Waals surface area (Å²) in [5.74, 6) is 0. The van der Waals surface area contributed by atoms with Gasteiger partial charge in [0.1, 0.15) is 18.8 Å². The van der Waals surface area contributed by atoms with Gasteiger partial charge in [0.15, 0.2) is 6.34 Å². The summed E-state index contributed by atoms with van der Waals surface area (Å²) in [5, 5.41) is 10.2. The minimum atomic E-state index is -0.482. The summed E-state index contributed by atoms with van der Waals surface area (Å²) in [7, 11) is 0. The minimum absolute atomic E-state index is 0. The first-order valence-electron chi connectivity index (χ1n) is 6.72. The molecule has 2 unspecified atom stereocenters. The second-order valence-electron chi connectivity index (χ2n) is 4.88. The zero-order valence-electron chi connectivity index (χ0n) is 11.5. The van der Waals surface area contributed by atoms with Gasteiger partial charge in [-0.25, -0.2) is 4.99 Å². The molecule has 2 aromatic rings. The number of aliphatic hydroxyl groups excluding tert-OH is 1. The molecule has 0 fully saturated rings. The lowest BCUT2D eigenvalue weighted by Gasteiger charge is -2.13. The summed E-state index contributed by atoms with van der Waals surface area (Å²) in [6.45, 7) is 0.602. The van der Waals surface area contributed by atoms with Crippen molar-refractivity contribution in [1.82, 2.24) is 0 Å². The Kier molecular flexibility index (Phi) is 5.28. The van der Waals surface area contributed by atoms with Gasteiger partial charge in [-0.3, -0.25) is 4.90 Å². The van der Waals surface area contributed by atoms with Crippen LogP contribution in [0.1, 0.15) is 11.7 Å². The van der Waals surface area contributed by atoms with E-state index in [4.69, 9.17) is 0 Å². The van der Waals surface area contributed by atoms with Crippen molar-refractivity contribution in [2.24, 2.45) is 4.99 Å². The first-order chi connectivity index (χ1) is 9.83. The third kappa shape index (κ3) is 3.79. The van der Waals surface area contributed by atoms with Crippen LogP contribution in [0.2, 0.25) is 0 Å². The van der Waals surface area contributed by atoms with Crippen LogP contribution in [0.3, 0.4) is 0 Å². The van der Waals surface area contributed by atoms with Crippen LogP contribution in [0, 0.1) is 0 Å². The molecule has 0 bridgehead atoms. The number of hydrogen-bond donors (Lipinski definition) is 2. The van der Waals surface area contributed by atoms with Crippen molar-refractivity contribution < 1.29 is 22.4 Å². The highest BCUT2D eigenvalue weighted by Gasteiger charge is 2.15. The Hall–Kier alpha value is -1.94. The summed E-state index contributed by atoms with van der Waals surface area (Å²) in [4.78, 5) is 5.07. The summed E-state index contributed by atoms with van der Waals surface area (Å²) in [6.07, 6.45) is 4.99. The smallest absolute Gasteiger partial charge is 0.193 e. The van der Waals surface area contributed by atoms with Crippen LogP contribution in [0.5, 0.6) is 0 Å². The van der Waals surface area contributed by atoms with Crippen molar-refractivity contribution in [3.63, 3.8) is 0 Å². The maximum absolute atomic E-state index is 10.2. The van der Waals surface area contributed by atoms with Crippen LogP contribution in [0.25, 0.3) is 11.1 Å². The van der Waals surface area contributed by atoms with Gasteiger partial charge in [-0.15, -0.1) is 0 Å². The molecule has 0 aromatic heterocycles. The van der Waals surface area contributed by atoms with Crippen molar-refractivity contribution in [2.75, 3.05) is 6.54 Å². The zero-order valence-corrected chi connectivity index (χ0v) is 12.2.